The lowest BCUT2D eigenvalue weighted by atomic mass is 10.0. The van der Waals surface area contributed by atoms with Gasteiger partial charge in [-0.3, -0.25) is 0 Å². The number of hydrogen-bond acceptors (Lipinski definition) is 5. The molecule has 0 bridgehead atoms. The fraction of sp³-hybridized carbons (Fsp3) is 0.500. The van der Waals surface area contributed by atoms with Crippen molar-refractivity contribution >= 4 is 5.69 Å². The van der Waals surface area contributed by atoms with Gasteiger partial charge < -0.3 is 11.1 Å². The standard InChI is InChI=1S/C14H20N6/c1-20-14(17-18-19-20)10-4-2-6-12(8-10)16-13-7-3-5-11(13)9-15/h2,4,6,8,11,13,16H,3,5,7,9,15H2,1H3. The lowest BCUT2D eigenvalue weighted by molar-refractivity contribution is 0.516. The van der Waals surface area contributed by atoms with Crippen molar-refractivity contribution < 1.29 is 0 Å². The van der Waals surface area contributed by atoms with Crippen molar-refractivity contribution in [2.75, 3.05) is 11.9 Å². The predicted octanol–water partition coefficient (Wildman–Crippen LogP) is 1.42. The number of anilines is 1. The van der Waals surface area contributed by atoms with Gasteiger partial charge in [0.15, 0.2) is 5.82 Å². The topological polar surface area (TPSA) is 81.7 Å². The largest absolute Gasteiger partial charge is 0.382 e. The van der Waals surface area contributed by atoms with E-state index in [1.165, 1.54) is 19.3 Å². The molecule has 1 saturated carbocycles. The third-order valence-electron chi connectivity index (χ3n) is 4.05. The Labute approximate surface area is 118 Å². The molecule has 0 saturated heterocycles. The minimum Gasteiger partial charge on any atom is -0.382 e. The average molecular weight is 272 g/mol. The second-order valence-corrected chi connectivity index (χ2v) is 5.38. The van der Waals surface area contributed by atoms with Gasteiger partial charge in [-0.1, -0.05) is 18.6 Å². The molecule has 6 nitrogen and oxygen atoms in total. The van der Waals surface area contributed by atoms with Crippen LogP contribution in [-0.4, -0.2) is 32.8 Å². The first-order chi connectivity index (χ1) is 9.78. The monoisotopic (exact) mass is 272 g/mol. The van der Waals surface area contributed by atoms with Crippen LogP contribution < -0.4 is 11.1 Å². The van der Waals surface area contributed by atoms with E-state index in [9.17, 15) is 0 Å². The van der Waals surface area contributed by atoms with Gasteiger partial charge in [0.1, 0.15) is 0 Å². The van der Waals surface area contributed by atoms with Gasteiger partial charge in [0, 0.05) is 24.3 Å². The molecule has 0 radical (unpaired) electrons. The Bertz CT molecular complexity index is 579. The number of tetrazole rings is 1. The Hall–Kier alpha value is -1.95. The molecule has 6 heteroatoms. The molecular weight excluding hydrogens is 252 g/mol. The van der Waals surface area contributed by atoms with Crippen molar-refractivity contribution in [1.29, 1.82) is 0 Å². The molecule has 106 valence electrons. The molecule has 2 unspecified atom stereocenters. The van der Waals surface area contributed by atoms with Gasteiger partial charge in [-0.25, -0.2) is 4.68 Å². The first-order valence-electron chi connectivity index (χ1n) is 7.07. The molecule has 1 aliphatic carbocycles. The molecule has 2 aromatic rings. The van der Waals surface area contributed by atoms with E-state index in [1.54, 1.807) is 4.68 Å². The number of hydrogen-bond donors (Lipinski definition) is 2. The Morgan fingerprint density at radius 1 is 1.40 bits per heavy atom. The average Bonchev–Trinajstić information content (AvgIpc) is 3.08. The number of nitrogens with zero attached hydrogens (tertiary/aromatic N) is 4. The van der Waals surface area contributed by atoms with Crippen molar-refractivity contribution in [3.05, 3.63) is 24.3 Å². The summed E-state index contributed by atoms with van der Waals surface area (Å²) in [5, 5.41) is 15.2. The summed E-state index contributed by atoms with van der Waals surface area (Å²) in [6.07, 6.45) is 3.67. The Morgan fingerprint density at radius 2 is 2.30 bits per heavy atom. The van der Waals surface area contributed by atoms with Gasteiger partial charge >= 0.3 is 0 Å². The van der Waals surface area contributed by atoms with Crippen LogP contribution in [0.15, 0.2) is 24.3 Å². The maximum atomic E-state index is 5.83. The number of nitrogens with two attached hydrogens (primary N) is 1. The lowest BCUT2D eigenvalue weighted by Crippen LogP contribution is -2.29. The number of rotatable bonds is 4. The summed E-state index contributed by atoms with van der Waals surface area (Å²) in [4.78, 5) is 0. The fourth-order valence-electron chi connectivity index (χ4n) is 2.95. The molecule has 0 spiro atoms. The molecule has 20 heavy (non-hydrogen) atoms. The van der Waals surface area contributed by atoms with Crippen molar-refractivity contribution in [2.24, 2.45) is 18.7 Å². The molecule has 1 aromatic heterocycles. The first kappa shape index (κ1) is 13.1. The van der Waals surface area contributed by atoms with Gasteiger partial charge in [0.05, 0.1) is 0 Å². The zero-order chi connectivity index (χ0) is 13.9. The van der Waals surface area contributed by atoms with E-state index in [-0.39, 0.29) is 0 Å². The van der Waals surface area contributed by atoms with Crippen LogP contribution in [0, 0.1) is 5.92 Å². The number of aromatic nitrogens is 4. The summed E-state index contributed by atoms with van der Waals surface area (Å²) >= 11 is 0. The van der Waals surface area contributed by atoms with E-state index >= 15 is 0 Å². The van der Waals surface area contributed by atoms with Crippen LogP contribution in [-0.2, 0) is 7.05 Å². The number of aryl methyl sites for hydroxylation is 1. The number of nitrogens with one attached hydrogen (secondary N) is 1. The zero-order valence-electron chi connectivity index (χ0n) is 11.7. The molecule has 3 N–H and O–H groups in total. The van der Waals surface area contributed by atoms with Crippen LogP contribution >= 0.6 is 0 Å². The second kappa shape index (κ2) is 5.58. The highest BCUT2D eigenvalue weighted by molar-refractivity contribution is 5.62. The summed E-state index contributed by atoms with van der Waals surface area (Å²) in [6.45, 7) is 0.755. The third kappa shape index (κ3) is 2.51. The lowest BCUT2D eigenvalue weighted by Gasteiger charge is -2.21. The third-order valence-corrected chi connectivity index (χ3v) is 4.05. The second-order valence-electron chi connectivity index (χ2n) is 5.38. The van der Waals surface area contributed by atoms with Crippen molar-refractivity contribution in [3.63, 3.8) is 0 Å². The van der Waals surface area contributed by atoms with Crippen LogP contribution in [0.4, 0.5) is 5.69 Å². The zero-order valence-corrected chi connectivity index (χ0v) is 11.7. The van der Waals surface area contributed by atoms with Crippen LogP contribution in [0.2, 0.25) is 0 Å². The highest BCUT2D eigenvalue weighted by atomic mass is 15.5. The van der Waals surface area contributed by atoms with Gasteiger partial charge in [-0.05, 0) is 47.9 Å². The van der Waals surface area contributed by atoms with Crippen molar-refractivity contribution in [2.45, 2.75) is 25.3 Å². The molecule has 1 fully saturated rings. The van der Waals surface area contributed by atoms with E-state index in [0.29, 0.717) is 12.0 Å². The normalized spacial score (nSPS) is 22.1. The summed E-state index contributed by atoms with van der Waals surface area (Å²) in [7, 11) is 1.84. The van der Waals surface area contributed by atoms with Crippen LogP contribution in [0.5, 0.6) is 0 Å². The maximum absolute atomic E-state index is 5.83. The van der Waals surface area contributed by atoms with Gasteiger partial charge in [0.25, 0.3) is 0 Å². The highest BCUT2D eigenvalue weighted by Crippen LogP contribution is 2.29. The molecule has 1 heterocycles. The quantitative estimate of drug-likeness (QED) is 0.879. The van der Waals surface area contributed by atoms with Crippen LogP contribution in [0.3, 0.4) is 0 Å². The molecule has 1 aromatic carbocycles. The van der Waals surface area contributed by atoms with E-state index in [2.05, 4.69) is 33.0 Å². The summed E-state index contributed by atoms with van der Waals surface area (Å²) in [5.74, 6) is 1.35. The van der Waals surface area contributed by atoms with Crippen LogP contribution in [0.25, 0.3) is 11.4 Å². The van der Waals surface area contributed by atoms with Gasteiger partial charge in [-0.15, -0.1) is 5.10 Å². The van der Waals surface area contributed by atoms with Gasteiger partial charge in [0.2, 0.25) is 0 Å². The molecule has 0 amide bonds. The highest BCUT2D eigenvalue weighted by Gasteiger charge is 2.25. The minimum absolute atomic E-state index is 0.480. The predicted molar refractivity (Wildman–Crippen MR) is 78.0 cm³/mol. The smallest absolute Gasteiger partial charge is 0.181 e. The van der Waals surface area contributed by atoms with Crippen LogP contribution in [0.1, 0.15) is 19.3 Å². The minimum atomic E-state index is 0.480. The molecule has 2 atom stereocenters. The van der Waals surface area contributed by atoms with E-state index in [0.717, 1.165) is 23.6 Å². The van der Waals surface area contributed by atoms with Crippen molar-refractivity contribution in [3.8, 4) is 11.4 Å². The molecular formula is C14H20N6. The van der Waals surface area contributed by atoms with E-state index in [1.807, 2.05) is 19.2 Å². The van der Waals surface area contributed by atoms with E-state index < -0.39 is 0 Å². The molecule has 3 rings (SSSR count). The summed E-state index contributed by atoms with van der Waals surface area (Å²) in [5.41, 5.74) is 7.96. The molecule has 1 aliphatic rings. The maximum Gasteiger partial charge on any atom is 0.181 e. The molecule has 0 aliphatic heterocycles. The fourth-order valence-corrected chi connectivity index (χ4v) is 2.95. The van der Waals surface area contributed by atoms with Gasteiger partial charge in [-0.2, -0.15) is 0 Å². The Kier molecular flexibility index (Phi) is 3.64. The summed E-state index contributed by atoms with van der Waals surface area (Å²) in [6, 6.07) is 8.70. The Balaban J connectivity index is 1.80. The Morgan fingerprint density at radius 3 is 3.05 bits per heavy atom. The van der Waals surface area contributed by atoms with Crippen molar-refractivity contribution in [1.82, 2.24) is 20.2 Å². The van der Waals surface area contributed by atoms with E-state index in [4.69, 9.17) is 5.73 Å². The summed E-state index contributed by atoms with van der Waals surface area (Å²) < 4.78 is 1.68. The number of benzene rings is 1. The first-order valence-corrected chi connectivity index (χ1v) is 7.07. The SMILES string of the molecule is Cn1nnnc1-c1cccc(NC2CCCC2CN)c1.